The second-order valence-corrected chi connectivity index (χ2v) is 4.80. The van der Waals surface area contributed by atoms with Crippen molar-refractivity contribution in [1.82, 2.24) is 0 Å². The molecule has 1 aromatic carbocycles. The summed E-state index contributed by atoms with van der Waals surface area (Å²) in [6, 6.07) is 11.8. The summed E-state index contributed by atoms with van der Waals surface area (Å²) >= 11 is 0. The van der Waals surface area contributed by atoms with E-state index in [1.54, 1.807) is 17.4 Å². The van der Waals surface area contributed by atoms with Crippen LogP contribution in [0.5, 0.6) is 0 Å². The van der Waals surface area contributed by atoms with Crippen molar-refractivity contribution in [3.8, 4) is 0 Å². The number of esters is 1. The molecule has 2 N–H and O–H groups in total. The Hall–Kier alpha value is -2.60. The van der Waals surface area contributed by atoms with Gasteiger partial charge in [0, 0.05) is 5.97 Å². The summed E-state index contributed by atoms with van der Waals surface area (Å²) in [7, 11) is 0. The highest BCUT2D eigenvalue weighted by molar-refractivity contribution is 5.79. The number of benzene rings is 1. The fourth-order valence-corrected chi connectivity index (χ4v) is 1.97. The Balaban J connectivity index is 1.89. The van der Waals surface area contributed by atoms with Crippen molar-refractivity contribution in [2.24, 2.45) is 0 Å². The number of aliphatic carboxylic acids is 1. The number of carbonyl (C=O) groups is 2. The second-order valence-electron chi connectivity index (χ2n) is 4.80. The highest BCUT2D eigenvalue weighted by atomic mass is 16.5. The van der Waals surface area contributed by atoms with Crippen LogP contribution in [0.4, 0.5) is 0 Å². The van der Waals surface area contributed by atoms with Crippen LogP contribution in [0.25, 0.3) is 0 Å². The van der Waals surface area contributed by atoms with Gasteiger partial charge in [0.2, 0.25) is 0 Å². The van der Waals surface area contributed by atoms with E-state index in [1.165, 1.54) is 6.26 Å². The van der Waals surface area contributed by atoms with Crippen molar-refractivity contribution >= 4 is 11.9 Å². The van der Waals surface area contributed by atoms with Gasteiger partial charge in [-0.3, -0.25) is 0 Å². The van der Waals surface area contributed by atoms with Crippen LogP contribution in [0, 0.1) is 0 Å². The molecule has 1 atom stereocenters. The van der Waals surface area contributed by atoms with Gasteiger partial charge in [0.25, 0.3) is 0 Å². The summed E-state index contributed by atoms with van der Waals surface area (Å²) in [5.74, 6) is -1.23. The number of carbonyl (C=O) groups excluding carboxylic acids is 2. The minimum atomic E-state index is -1.29. The Kier molecular flexibility index (Phi) is 5.73. The molecule has 0 bridgehead atoms. The van der Waals surface area contributed by atoms with Gasteiger partial charge in [-0.1, -0.05) is 30.3 Å². The molecule has 1 heterocycles. The Bertz CT molecular complexity index is 594. The largest absolute Gasteiger partial charge is 0.550 e. The fraction of sp³-hybridized carbons (Fsp3) is 0.250. The van der Waals surface area contributed by atoms with Crippen LogP contribution in [0.15, 0.2) is 53.1 Å². The molecule has 0 radical (unpaired) electrons. The molecule has 2 rings (SSSR count). The monoisotopic (exact) mass is 303 g/mol. The number of nitrogens with two attached hydrogens (primary N) is 1. The molecule has 0 saturated carbocycles. The first kappa shape index (κ1) is 15.8. The lowest BCUT2D eigenvalue weighted by Gasteiger charge is -2.14. The molecule has 116 valence electrons. The van der Waals surface area contributed by atoms with Crippen LogP contribution in [-0.2, 0) is 27.5 Å². The summed E-state index contributed by atoms with van der Waals surface area (Å²) in [6.07, 6.45) is 1.11. The topological polar surface area (TPSA) is 96.2 Å². The summed E-state index contributed by atoms with van der Waals surface area (Å²) < 4.78 is 10.3. The Morgan fingerprint density at radius 3 is 2.59 bits per heavy atom. The molecule has 0 amide bonds. The summed E-state index contributed by atoms with van der Waals surface area (Å²) in [6.45, 7) is 0.462. The lowest BCUT2D eigenvalue weighted by atomic mass is 10.2. The van der Waals surface area contributed by atoms with Gasteiger partial charge in [-0.15, -0.1) is 0 Å². The lowest BCUT2D eigenvalue weighted by Crippen LogP contribution is -2.91. The molecule has 0 aliphatic carbocycles. The quantitative estimate of drug-likeness (QED) is 0.669. The van der Waals surface area contributed by atoms with E-state index < -0.39 is 24.4 Å². The van der Waals surface area contributed by atoms with Crippen molar-refractivity contribution in [3.63, 3.8) is 0 Å². The minimum Gasteiger partial charge on any atom is -0.550 e. The van der Waals surface area contributed by atoms with E-state index in [0.29, 0.717) is 12.3 Å². The van der Waals surface area contributed by atoms with Crippen molar-refractivity contribution in [2.45, 2.75) is 25.6 Å². The average Bonchev–Trinajstić information content (AvgIpc) is 3.03. The maximum atomic E-state index is 12.0. The highest BCUT2D eigenvalue weighted by Crippen LogP contribution is 2.02. The Labute approximate surface area is 127 Å². The minimum absolute atomic E-state index is 0.109. The predicted octanol–water partition coefficient (Wildman–Crippen LogP) is -0.405. The molecule has 0 unspecified atom stereocenters. The lowest BCUT2D eigenvalue weighted by molar-refractivity contribution is -0.694. The molecule has 22 heavy (non-hydrogen) atoms. The van der Waals surface area contributed by atoms with Crippen LogP contribution in [0.2, 0.25) is 0 Å². The van der Waals surface area contributed by atoms with Gasteiger partial charge >= 0.3 is 5.97 Å². The SMILES string of the molecule is O=C([O-])C[C@H]([NH2+]Cc1ccco1)C(=O)OCc1ccccc1. The standard InChI is InChI=1S/C16H17NO5/c18-15(19)9-14(17-10-13-7-4-8-21-13)16(20)22-11-12-5-2-1-3-6-12/h1-8,14,17H,9-11H2,(H,18,19)/t14-/m0/s1. The fourth-order valence-electron chi connectivity index (χ4n) is 1.97. The number of hydrogen-bond acceptors (Lipinski definition) is 5. The van der Waals surface area contributed by atoms with E-state index in [-0.39, 0.29) is 6.61 Å². The van der Waals surface area contributed by atoms with Crippen molar-refractivity contribution in [1.29, 1.82) is 0 Å². The Morgan fingerprint density at radius 2 is 1.95 bits per heavy atom. The van der Waals surface area contributed by atoms with Crippen molar-refractivity contribution < 1.29 is 29.2 Å². The second kappa shape index (κ2) is 7.99. The number of furan rings is 1. The first-order valence-corrected chi connectivity index (χ1v) is 6.91. The number of carboxylic acid groups (broad SMARTS) is 1. The zero-order valence-corrected chi connectivity index (χ0v) is 11.9. The average molecular weight is 303 g/mol. The summed E-state index contributed by atoms with van der Waals surface area (Å²) in [4.78, 5) is 22.8. The molecule has 0 spiro atoms. The smallest absolute Gasteiger partial charge is 0.365 e. The summed E-state index contributed by atoms with van der Waals surface area (Å²) in [5.41, 5.74) is 0.842. The normalized spacial score (nSPS) is 11.8. The Morgan fingerprint density at radius 1 is 1.18 bits per heavy atom. The van der Waals surface area contributed by atoms with Crippen LogP contribution in [0.3, 0.4) is 0 Å². The van der Waals surface area contributed by atoms with Crippen LogP contribution in [0.1, 0.15) is 17.7 Å². The van der Waals surface area contributed by atoms with E-state index in [4.69, 9.17) is 9.15 Å². The van der Waals surface area contributed by atoms with E-state index >= 15 is 0 Å². The zero-order valence-electron chi connectivity index (χ0n) is 11.9. The third kappa shape index (κ3) is 5.06. The van der Waals surface area contributed by atoms with Gasteiger partial charge in [-0.05, 0) is 17.7 Å². The maximum absolute atomic E-state index is 12.0. The molecule has 6 heteroatoms. The molecule has 0 aliphatic rings. The molecular formula is C16H17NO5. The maximum Gasteiger partial charge on any atom is 0.365 e. The van der Waals surface area contributed by atoms with Crippen molar-refractivity contribution in [3.05, 3.63) is 60.1 Å². The molecular weight excluding hydrogens is 286 g/mol. The molecule has 6 nitrogen and oxygen atoms in total. The number of quaternary nitrogens is 1. The molecule has 0 aliphatic heterocycles. The van der Waals surface area contributed by atoms with Gasteiger partial charge in [-0.2, -0.15) is 0 Å². The highest BCUT2D eigenvalue weighted by Gasteiger charge is 2.24. The van der Waals surface area contributed by atoms with Crippen LogP contribution < -0.4 is 10.4 Å². The number of rotatable bonds is 8. The van der Waals surface area contributed by atoms with E-state index in [0.717, 1.165) is 5.56 Å². The molecule has 0 saturated heterocycles. The van der Waals surface area contributed by atoms with E-state index in [1.807, 2.05) is 30.3 Å². The number of carboxylic acids is 1. The predicted molar refractivity (Wildman–Crippen MR) is 74.0 cm³/mol. The zero-order chi connectivity index (χ0) is 15.8. The van der Waals surface area contributed by atoms with Gasteiger partial charge < -0.3 is 24.4 Å². The van der Waals surface area contributed by atoms with E-state index in [2.05, 4.69) is 0 Å². The van der Waals surface area contributed by atoms with Gasteiger partial charge in [0.1, 0.15) is 13.2 Å². The van der Waals surface area contributed by atoms with Crippen LogP contribution in [-0.4, -0.2) is 18.0 Å². The number of ether oxygens (including phenoxy) is 1. The van der Waals surface area contributed by atoms with E-state index in [9.17, 15) is 14.7 Å². The third-order valence-corrected chi connectivity index (χ3v) is 3.10. The first-order valence-electron chi connectivity index (χ1n) is 6.91. The van der Waals surface area contributed by atoms with Gasteiger partial charge in [0.15, 0.2) is 11.8 Å². The summed E-state index contributed by atoms with van der Waals surface area (Å²) in [5, 5.41) is 12.4. The number of hydrogen-bond donors (Lipinski definition) is 1. The first-order chi connectivity index (χ1) is 10.6. The van der Waals surface area contributed by atoms with Crippen molar-refractivity contribution in [2.75, 3.05) is 0 Å². The van der Waals surface area contributed by atoms with Crippen LogP contribution >= 0.6 is 0 Å². The molecule has 1 aromatic heterocycles. The van der Waals surface area contributed by atoms with Gasteiger partial charge in [-0.25, -0.2) is 4.79 Å². The van der Waals surface area contributed by atoms with Gasteiger partial charge in [0.05, 0.1) is 12.7 Å². The molecule has 0 fully saturated rings. The molecule has 2 aromatic rings. The third-order valence-electron chi connectivity index (χ3n) is 3.10.